The van der Waals surface area contributed by atoms with Crippen molar-refractivity contribution in [3.05, 3.63) is 58.8 Å². The zero-order valence-corrected chi connectivity index (χ0v) is 12.3. The van der Waals surface area contributed by atoms with Crippen LogP contribution in [0.25, 0.3) is 0 Å². The van der Waals surface area contributed by atoms with Crippen LogP contribution in [-0.4, -0.2) is 18.5 Å². The van der Waals surface area contributed by atoms with Gasteiger partial charge in [0, 0.05) is 17.7 Å². The van der Waals surface area contributed by atoms with Crippen molar-refractivity contribution < 1.29 is 8.81 Å². The summed E-state index contributed by atoms with van der Waals surface area (Å²) in [6.45, 7) is 3.33. The van der Waals surface area contributed by atoms with Crippen molar-refractivity contribution in [2.45, 2.75) is 20.0 Å². The number of nitrogens with two attached hydrogens (primary N) is 1. The first kappa shape index (κ1) is 15.3. The van der Waals surface area contributed by atoms with Gasteiger partial charge < -0.3 is 10.2 Å². The molecule has 1 aromatic heterocycles. The van der Waals surface area contributed by atoms with E-state index in [1.807, 2.05) is 37.1 Å². The molecule has 3 nitrogen and oxygen atoms in total. The Labute approximate surface area is 124 Å². The van der Waals surface area contributed by atoms with Crippen molar-refractivity contribution in [1.29, 1.82) is 0 Å². The van der Waals surface area contributed by atoms with Gasteiger partial charge in [-0.15, -0.1) is 0 Å². The zero-order valence-electron chi connectivity index (χ0n) is 12.3. The quantitative estimate of drug-likeness (QED) is 0.879. The molecule has 2 rings (SSSR count). The number of aryl methyl sites for hydroxylation is 1. The van der Waals surface area contributed by atoms with E-state index in [2.05, 4.69) is 11.8 Å². The summed E-state index contributed by atoms with van der Waals surface area (Å²) in [6.07, 6.45) is 0. The number of hydrogen-bond donors (Lipinski definition) is 1. The Kier molecular flexibility index (Phi) is 5.15. The van der Waals surface area contributed by atoms with Crippen LogP contribution in [0, 0.1) is 24.6 Å². The summed E-state index contributed by atoms with van der Waals surface area (Å²) in [5.41, 5.74) is 6.58. The summed E-state index contributed by atoms with van der Waals surface area (Å²) >= 11 is 0. The minimum atomic E-state index is -0.249. The Morgan fingerprint density at radius 3 is 2.67 bits per heavy atom. The fraction of sp³-hybridized carbons (Fsp3) is 0.294. The lowest BCUT2D eigenvalue weighted by Crippen LogP contribution is -2.17. The van der Waals surface area contributed by atoms with E-state index >= 15 is 0 Å². The summed E-state index contributed by atoms with van der Waals surface area (Å²) in [6, 6.07) is 8.89. The Morgan fingerprint density at radius 1 is 1.24 bits per heavy atom. The normalized spacial score (nSPS) is 10.5. The highest BCUT2D eigenvalue weighted by atomic mass is 19.1. The summed E-state index contributed by atoms with van der Waals surface area (Å²) in [5.74, 6) is 7.05. The molecule has 2 aromatic rings. The molecule has 0 aliphatic carbocycles. The third-order valence-corrected chi connectivity index (χ3v) is 3.05. The van der Waals surface area contributed by atoms with Gasteiger partial charge in [0.15, 0.2) is 0 Å². The van der Waals surface area contributed by atoms with E-state index < -0.39 is 0 Å². The summed E-state index contributed by atoms with van der Waals surface area (Å²) < 4.78 is 19.6. The number of benzene rings is 1. The maximum Gasteiger partial charge on any atom is 0.128 e. The van der Waals surface area contributed by atoms with Crippen molar-refractivity contribution in [2.75, 3.05) is 13.6 Å². The molecule has 0 fully saturated rings. The van der Waals surface area contributed by atoms with Gasteiger partial charge in [0.25, 0.3) is 0 Å². The maximum atomic E-state index is 14.0. The molecule has 0 radical (unpaired) electrons. The molecule has 0 amide bonds. The molecule has 0 unspecified atom stereocenters. The number of hydrogen-bond acceptors (Lipinski definition) is 3. The van der Waals surface area contributed by atoms with Crippen LogP contribution in [0.2, 0.25) is 0 Å². The van der Waals surface area contributed by atoms with Gasteiger partial charge in [0.2, 0.25) is 0 Å². The molecule has 0 aliphatic heterocycles. The molecular formula is C17H19FN2O. The van der Waals surface area contributed by atoms with Crippen LogP contribution in [0.4, 0.5) is 4.39 Å². The molecule has 110 valence electrons. The molecule has 0 atom stereocenters. The first-order valence-electron chi connectivity index (χ1n) is 6.79. The van der Waals surface area contributed by atoms with E-state index in [4.69, 9.17) is 10.2 Å². The fourth-order valence-electron chi connectivity index (χ4n) is 2.09. The minimum Gasteiger partial charge on any atom is -0.465 e. The van der Waals surface area contributed by atoms with Crippen LogP contribution in [0.3, 0.4) is 0 Å². The van der Waals surface area contributed by atoms with Gasteiger partial charge in [-0.2, -0.15) is 0 Å². The first-order chi connectivity index (χ1) is 10.1. The van der Waals surface area contributed by atoms with Gasteiger partial charge in [0.1, 0.15) is 17.3 Å². The highest BCUT2D eigenvalue weighted by Gasteiger charge is 2.08. The van der Waals surface area contributed by atoms with Crippen LogP contribution >= 0.6 is 0 Å². The van der Waals surface area contributed by atoms with Gasteiger partial charge in [0.05, 0.1) is 13.1 Å². The molecule has 1 aromatic carbocycles. The largest absolute Gasteiger partial charge is 0.465 e. The minimum absolute atomic E-state index is 0.249. The lowest BCUT2D eigenvalue weighted by Gasteiger charge is -2.15. The van der Waals surface area contributed by atoms with Crippen molar-refractivity contribution >= 4 is 0 Å². The Bertz CT molecular complexity index is 667. The number of halogens is 1. The van der Waals surface area contributed by atoms with Crippen molar-refractivity contribution in [2.24, 2.45) is 5.73 Å². The predicted molar refractivity (Wildman–Crippen MR) is 80.9 cm³/mol. The summed E-state index contributed by atoms with van der Waals surface area (Å²) in [4.78, 5) is 2.00. The average molecular weight is 286 g/mol. The van der Waals surface area contributed by atoms with E-state index in [-0.39, 0.29) is 12.4 Å². The van der Waals surface area contributed by atoms with E-state index in [1.165, 1.54) is 6.07 Å². The predicted octanol–water partition coefficient (Wildman–Crippen LogP) is 2.67. The molecule has 21 heavy (non-hydrogen) atoms. The Balaban J connectivity index is 2.02. The van der Waals surface area contributed by atoms with Crippen LogP contribution in [0.1, 0.15) is 22.6 Å². The topological polar surface area (TPSA) is 42.4 Å². The van der Waals surface area contributed by atoms with E-state index in [9.17, 15) is 4.39 Å². The SMILES string of the molecule is Cc1ccc(CN(C)Cc2ccc(C#CCN)cc2F)o1. The average Bonchev–Trinajstić information content (AvgIpc) is 2.84. The number of rotatable bonds is 4. The second kappa shape index (κ2) is 7.07. The van der Waals surface area contributed by atoms with Gasteiger partial charge in [-0.05, 0) is 38.2 Å². The molecule has 4 heteroatoms. The van der Waals surface area contributed by atoms with Gasteiger partial charge in [-0.3, -0.25) is 4.90 Å². The van der Waals surface area contributed by atoms with E-state index in [1.54, 1.807) is 6.07 Å². The second-order valence-electron chi connectivity index (χ2n) is 5.00. The van der Waals surface area contributed by atoms with Crippen LogP contribution in [0.15, 0.2) is 34.7 Å². The lowest BCUT2D eigenvalue weighted by molar-refractivity contribution is 0.281. The monoisotopic (exact) mass is 286 g/mol. The van der Waals surface area contributed by atoms with Crippen molar-refractivity contribution in [1.82, 2.24) is 4.90 Å². The molecule has 0 saturated heterocycles. The maximum absolute atomic E-state index is 14.0. The molecule has 0 saturated carbocycles. The van der Waals surface area contributed by atoms with Crippen LogP contribution in [-0.2, 0) is 13.1 Å². The standard InChI is InChI=1S/C17H19FN2O/c1-13-5-8-16(21-13)12-20(2)11-15-7-6-14(4-3-9-19)10-17(15)18/h5-8,10H,9,11-12,19H2,1-2H3. The van der Waals surface area contributed by atoms with Gasteiger partial charge in [-0.25, -0.2) is 4.39 Å². The molecule has 0 bridgehead atoms. The molecule has 1 heterocycles. The zero-order chi connectivity index (χ0) is 15.2. The smallest absolute Gasteiger partial charge is 0.128 e. The third kappa shape index (κ3) is 4.45. The van der Waals surface area contributed by atoms with Gasteiger partial charge >= 0.3 is 0 Å². The van der Waals surface area contributed by atoms with Crippen LogP contribution < -0.4 is 5.73 Å². The van der Waals surface area contributed by atoms with E-state index in [0.717, 1.165) is 11.5 Å². The van der Waals surface area contributed by atoms with E-state index in [0.29, 0.717) is 24.2 Å². The Hall–Kier alpha value is -2.09. The number of nitrogens with zero attached hydrogens (tertiary/aromatic N) is 1. The molecular weight excluding hydrogens is 267 g/mol. The number of furan rings is 1. The third-order valence-electron chi connectivity index (χ3n) is 3.05. The molecule has 0 spiro atoms. The van der Waals surface area contributed by atoms with Gasteiger partial charge in [-0.1, -0.05) is 17.9 Å². The van der Waals surface area contributed by atoms with Crippen LogP contribution in [0.5, 0.6) is 0 Å². The molecule has 0 aliphatic rings. The fourth-order valence-corrected chi connectivity index (χ4v) is 2.09. The first-order valence-corrected chi connectivity index (χ1v) is 6.79. The summed E-state index contributed by atoms with van der Waals surface area (Å²) in [7, 11) is 1.93. The Morgan fingerprint density at radius 2 is 2.05 bits per heavy atom. The van der Waals surface area contributed by atoms with Crippen molar-refractivity contribution in [3.8, 4) is 11.8 Å². The lowest BCUT2D eigenvalue weighted by atomic mass is 10.1. The van der Waals surface area contributed by atoms with Crippen molar-refractivity contribution in [3.63, 3.8) is 0 Å². The highest BCUT2D eigenvalue weighted by molar-refractivity contribution is 5.37. The highest BCUT2D eigenvalue weighted by Crippen LogP contribution is 2.14. The molecule has 2 N–H and O–H groups in total. The summed E-state index contributed by atoms with van der Waals surface area (Å²) in [5, 5.41) is 0. The second-order valence-corrected chi connectivity index (χ2v) is 5.00.